The molecule has 0 heterocycles. The van der Waals surface area contributed by atoms with E-state index >= 15 is 0 Å². The van der Waals surface area contributed by atoms with Gasteiger partial charge in [0.2, 0.25) is 0 Å². The van der Waals surface area contributed by atoms with Gasteiger partial charge in [-0.2, -0.15) is 0 Å². The molecule has 0 amide bonds. The predicted octanol–water partition coefficient (Wildman–Crippen LogP) is 6.14. The summed E-state index contributed by atoms with van der Waals surface area (Å²) in [6, 6.07) is 0. The van der Waals surface area contributed by atoms with Gasteiger partial charge in [-0.1, -0.05) is 122 Å². The zero-order chi connectivity index (χ0) is 16.3. The smallest absolute Gasteiger partial charge is 0.0893 e. The van der Waals surface area contributed by atoms with Gasteiger partial charge >= 0.3 is 0 Å². The van der Waals surface area contributed by atoms with Gasteiger partial charge in [0, 0.05) is 0 Å². The highest BCUT2D eigenvalue weighted by Gasteiger charge is 2.06. The highest BCUT2D eigenvalue weighted by molar-refractivity contribution is 6.35. The Morgan fingerprint density at radius 1 is 0.500 bits per heavy atom. The summed E-state index contributed by atoms with van der Waals surface area (Å²) in [4.78, 5) is 0. The zero-order valence-electron chi connectivity index (χ0n) is 16.3. The monoisotopic (exact) mass is 304 g/mol. The number of unbranched alkanes of at least 4 members (excludes halogenated alkanes) is 9. The standard InChI is InChI=1S/C19H43B3/c1-20-17-13-9-5-4-7-11-15-19(22-3)16-12-8-6-10-14-18-21-2/h19-22H,4-18H2,1-3H3. The highest BCUT2D eigenvalue weighted by atomic mass is 14.0. The summed E-state index contributed by atoms with van der Waals surface area (Å²) < 4.78 is 0. The van der Waals surface area contributed by atoms with Crippen molar-refractivity contribution in [3.8, 4) is 0 Å². The van der Waals surface area contributed by atoms with Crippen molar-refractivity contribution in [1.29, 1.82) is 0 Å². The molecule has 0 aliphatic rings. The summed E-state index contributed by atoms with van der Waals surface area (Å²) in [5, 5.41) is 0. The maximum atomic E-state index is 2.40. The van der Waals surface area contributed by atoms with E-state index in [0.717, 1.165) is 5.82 Å². The first-order valence-corrected chi connectivity index (χ1v) is 10.8. The Labute approximate surface area is 144 Å². The molecule has 0 aromatic carbocycles. The third kappa shape index (κ3) is 16.6. The van der Waals surface area contributed by atoms with Crippen LogP contribution in [0.2, 0.25) is 38.9 Å². The first-order valence-electron chi connectivity index (χ1n) is 10.8. The fourth-order valence-corrected chi connectivity index (χ4v) is 3.51. The Kier molecular flexibility index (Phi) is 19.4. The summed E-state index contributed by atoms with van der Waals surface area (Å²) in [7, 11) is 4.15. The van der Waals surface area contributed by atoms with Crippen LogP contribution in [0.15, 0.2) is 0 Å². The van der Waals surface area contributed by atoms with E-state index in [1.165, 1.54) is 118 Å². The molecule has 3 heteroatoms. The molecule has 0 saturated carbocycles. The molecule has 0 aliphatic heterocycles. The van der Waals surface area contributed by atoms with Crippen LogP contribution in [0.25, 0.3) is 0 Å². The van der Waals surface area contributed by atoms with Crippen molar-refractivity contribution in [1.82, 2.24) is 0 Å². The third-order valence-electron chi connectivity index (χ3n) is 5.26. The van der Waals surface area contributed by atoms with Crippen molar-refractivity contribution in [3.63, 3.8) is 0 Å². The first-order chi connectivity index (χ1) is 10.8. The van der Waals surface area contributed by atoms with Crippen LogP contribution in [-0.4, -0.2) is 21.8 Å². The topological polar surface area (TPSA) is 0 Å². The molecule has 128 valence electrons. The van der Waals surface area contributed by atoms with Crippen LogP contribution in [0, 0.1) is 0 Å². The maximum absolute atomic E-state index is 2.40. The molecule has 0 N–H and O–H groups in total. The van der Waals surface area contributed by atoms with E-state index < -0.39 is 0 Å². The van der Waals surface area contributed by atoms with Crippen LogP contribution in [0.3, 0.4) is 0 Å². The number of hydrogen-bond acceptors (Lipinski definition) is 0. The molecule has 0 aliphatic carbocycles. The Morgan fingerprint density at radius 2 is 0.864 bits per heavy atom. The van der Waals surface area contributed by atoms with Crippen LogP contribution >= 0.6 is 0 Å². The lowest BCUT2D eigenvalue weighted by atomic mass is 9.63. The molecule has 0 aromatic heterocycles. The maximum Gasteiger partial charge on any atom is 0.120 e. The summed E-state index contributed by atoms with van der Waals surface area (Å²) >= 11 is 0. The fraction of sp³-hybridized carbons (Fsp3) is 1.00. The third-order valence-corrected chi connectivity index (χ3v) is 5.26. The van der Waals surface area contributed by atoms with Crippen LogP contribution in [0.4, 0.5) is 0 Å². The van der Waals surface area contributed by atoms with E-state index in [1.807, 2.05) is 0 Å². The SMILES string of the molecule is CBCCCCCCCCC(BC)CCCCCCCBC. The molecular formula is C19H43B3. The molecule has 22 heavy (non-hydrogen) atoms. The summed E-state index contributed by atoms with van der Waals surface area (Å²) in [6.07, 6.45) is 22.2. The normalized spacial score (nSPS) is 12.1. The molecule has 0 radical (unpaired) electrons. The van der Waals surface area contributed by atoms with Crippen molar-refractivity contribution in [2.24, 2.45) is 0 Å². The van der Waals surface area contributed by atoms with Gasteiger partial charge in [-0.25, -0.2) is 0 Å². The molecule has 0 saturated heterocycles. The fourth-order valence-electron chi connectivity index (χ4n) is 3.51. The van der Waals surface area contributed by atoms with Gasteiger partial charge in [0.05, 0.1) is 0 Å². The van der Waals surface area contributed by atoms with E-state index in [-0.39, 0.29) is 0 Å². The van der Waals surface area contributed by atoms with Gasteiger partial charge in [-0.15, -0.1) is 0 Å². The van der Waals surface area contributed by atoms with Crippen molar-refractivity contribution < 1.29 is 0 Å². The van der Waals surface area contributed by atoms with E-state index in [1.54, 1.807) is 0 Å². The Hall–Kier alpha value is 0.195. The molecule has 1 atom stereocenters. The van der Waals surface area contributed by atoms with E-state index in [2.05, 4.69) is 20.5 Å². The Morgan fingerprint density at radius 3 is 1.23 bits per heavy atom. The van der Waals surface area contributed by atoms with Gasteiger partial charge in [0.25, 0.3) is 0 Å². The van der Waals surface area contributed by atoms with E-state index in [9.17, 15) is 0 Å². The second-order valence-electron chi connectivity index (χ2n) is 7.45. The van der Waals surface area contributed by atoms with Gasteiger partial charge in [-0.05, 0) is 0 Å². The molecule has 1 unspecified atom stereocenters. The first kappa shape index (κ1) is 22.2. The van der Waals surface area contributed by atoms with Crippen LogP contribution < -0.4 is 0 Å². The average molecular weight is 304 g/mol. The van der Waals surface area contributed by atoms with E-state index in [4.69, 9.17) is 0 Å². The van der Waals surface area contributed by atoms with Crippen LogP contribution in [0.1, 0.15) is 83.5 Å². The Bertz CT molecular complexity index is 197. The minimum absolute atomic E-state index is 1.02. The second-order valence-corrected chi connectivity index (χ2v) is 7.45. The largest absolute Gasteiger partial charge is 0.120 e. The van der Waals surface area contributed by atoms with Crippen LogP contribution in [0.5, 0.6) is 0 Å². The lowest BCUT2D eigenvalue weighted by molar-refractivity contribution is 0.536. The van der Waals surface area contributed by atoms with Gasteiger partial charge in [0.15, 0.2) is 0 Å². The molecule has 0 spiro atoms. The summed E-state index contributed by atoms with van der Waals surface area (Å²) in [5.74, 6) is 1.02. The van der Waals surface area contributed by atoms with Crippen molar-refractivity contribution in [2.45, 2.75) is 122 Å². The molecule has 0 fully saturated rings. The van der Waals surface area contributed by atoms with Crippen LogP contribution in [-0.2, 0) is 0 Å². The van der Waals surface area contributed by atoms with E-state index in [0.29, 0.717) is 0 Å². The zero-order valence-corrected chi connectivity index (χ0v) is 16.3. The number of hydrogen-bond donors (Lipinski definition) is 0. The van der Waals surface area contributed by atoms with Gasteiger partial charge in [0.1, 0.15) is 21.8 Å². The number of rotatable bonds is 18. The predicted molar refractivity (Wildman–Crippen MR) is 112 cm³/mol. The highest BCUT2D eigenvalue weighted by Crippen LogP contribution is 2.23. The van der Waals surface area contributed by atoms with Crippen molar-refractivity contribution in [2.75, 3.05) is 0 Å². The molecule has 0 bridgehead atoms. The molecule has 0 nitrogen and oxygen atoms in total. The van der Waals surface area contributed by atoms with Gasteiger partial charge in [-0.3, -0.25) is 0 Å². The summed E-state index contributed by atoms with van der Waals surface area (Å²) in [6.45, 7) is 7.00. The van der Waals surface area contributed by atoms with Crippen molar-refractivity contribution in [3.05, 3.63) is 0 Å². The minimum atomic E-state index is 1.02. The second kappa shape index (κ2) is 19.2. The molecular weight excluding hydrogens is 261 g/mol. The molecule has 0 rings (SSSR count). The lowest BCUT2D eigenvalue weighted by Crippen LogP contribution is -2.00. The summed E-state index contributed by atoms with van der Waals surface area (Å²) in [5.41, 5.74) is 0. The lowest BCUT2D eigenvalue weighted by Gasteiger charge is -2.13. The Balaban J connectivity index is 3.29. The quantitative estimate of drug-likeness (QED) is 0.211. The minimum Gasteiger partial charge on any atom is -0.0893 e. The molecule has 0 aromatic rings. The van der Waals surface area contributed by atoms with Crippen molar-refractivity contribution >= 4 is 21.8 Å². The van der Waals surface area contributed by atoms with Gasteiger partial charge < -0.3 is 0 Å². The average Bonchev–Trinajstić information content (AvgIpc) is 2.54.